The lowest BCUT2D eigenvalue weighted by Gasteiger charge is -2.12. The molecule has 1 aliphatic rings. The van der Waals surface area contributed by atoms with Gasteiger partial charge in [-0.2, -0.15) is 8.78 Å². The van der Waals surface area contributed by atoms with Crippen molar-refractivity contribution in [3.8, 4) is 0 Å². The van der Waals surface area contributed by atoms with E-state index < -0.39 is 26.6 Å². The lowest BCUT2D eigenvalue weighted by Crippen LogP contribution is -2.26. The summed E-state index contributed by atoms with van der Waals surface area (Å²) in [6.07, 6.45) is 1.17. The van der Waals surface area contributed by atoms with Crippen LogP contribution in [0.4, 0.5) is 20.2 Å². The molecule has 1 fully saturated rings. The van der Waals surface area contributed by atoms with E-state index in [1.54, 1.807) is 12.1 Å². The molecule has 1 aliphatic heterocycles. The number of ether oxygens (including phenoxy) is 1. The predicted molar refractivity (Wildman–Crippen MR) is 101 cm³/mol. The molecule has 2 aromatic carbocycles. The summed E-state index contributed by atoms with van der Waals surface area (Å²) in [4.78, 5) is 11.7. The highest BCUT2D eigenvalue weighted by atomic mass is 32.2. The number of hydrogen-bond donors (Lipinski definition) is 2. The number of alkyl halides is 2. The molecule has 0 aromatic heterocycles. The van der Waals surface area contributed by atoms with E-state index in [0.717, 1.165) is 24.1 Å². The Labute approximate surface area is 161 Å². The van der Waals surface area contributed by atoms with Crippen LogP contribution in [0.25, 0.3) is 0 Å². The van der Waals surface area contributed by atoms with Gasteiger partial charge in [0.2, 0.25) is 9.84 Å². The number of rotatable bonds is 7. The summed E-state index contributed by atoms with van der Waals surface area (Å²) in [7, 11) is -4.60. The molecule has 2 aromatic rings. The van der Waals surface area contributed by atoms with E-state index in [-0.39, 0.29) is 5.91 Å². The van der Waals surface area contributed by atoms with Crippen LogP contribution in [0.2, 0.25) is 0 Å². The van der Waals surface area contributed by atoms with Crippen LogP contribution in [0.15, 0.2) is 53.4 Å². The number of amides is 1. The zero-order chi connectivity index (χ0) is 20.1. The maximum atomic E-state index is 12.6. The van der Waals surface area contributed by atoms with Crippen molar-refractivity contribution in [3.63, 3.8) is 0 Å². The molecule has 2 N–H and O–H groups in total. The van der Waals surface area contributed by atoms with Crippen molar-refractivity contribution in [3.05, 3.63) is 54.1 Å². The summed E-state index contributed by atoms with van der Waals surface area (Å²) < 4.78 is 53.3. The van der Waals surface area contributed by atoms with Crippen molar-refractivity contribution < 1.29 is 26.7 Å². The van der Waals surface area contributed by atoms with Gasteiger partial charge in [-0.3, -0.25) is 4.79 Å². The van der Waals surface area contributed by atoms with Crippen molar-refractivity contribution in [2.24, 2.45) is 0 Å². The molecule has 1 heterocycles. The van der Waals surface area contributed by atoms with E-state index in [2.05, 4.69) is 10.6 Å². The van der Waals surface area contributed by atoms with E-state index in [0.29, 0.717) is 30.9 Å². The minimum Gasteiger partial charge on any atom is -0.381 e. The molecule has 0 radical (unpaired) electrons. The SMILES string of the molecule is O=C(Nc1cccc(CNc2ccc(S(=O)(=O)C(F)F)cc2)c1)C1CCCO1. The number of halogens is 2. The highest BCUT2D eigenvalue weighted by Gasteiger charge is 2.26. The molecular formula is C19H20F2N2O4S. The van der Waals surface area contributed by atoms with Gasteiger partial charge in [-0.25, -0.2) is 8.42 Å². The second-order valence-corrected chi connectivity index (χ2v) is 8.29. The molecule has 0 bridgehead atoms. The molecule has 0 spiro atoms. The predicted octanol–water partition coefficient (Wildman–Crippen LogP) is 3.41. The van der Waals surface area contributed by atoms with Crippen LogP contribution < -0.4 is 10.6 Å². The fourth-order valence-electron chi connectivity index (χ4n) is 2.84. The summed E-state index contributed by atoms with van der Waals surface area (Å²) in [5.74, 6) is -3.61. The largest absolute Gasteiger partial charge is 0.381 e. The van der Waals surface area contributed by atoms with Gasteiger partial charge < -0.3 is 15.4 Å². The molecule has 0 saturated carbocycles. The maximum absolute atomic E-state index is 12.6. The molecule has 1 unspecified atom stereocenters. The van der Waals surface area contributed by atoms with Crippen LogP contribution in [0.3, 0.4) is 0 Å². The third-order valence-electron chi connectivity index (χ3n) is 4.33. The Balaban J connectivity index is 1.59. The summed E-state index contributed by atoms with van der Waals surface area (Å²) in [5.41, 5.74) is 2.12. The fraction of sp³-hybridized carbons (Fsp3) is 0.316. The van der Waals surface area contributed by atoms with Gasteiger partial charge in [-0.1, -0.05) is 12.1 Å². The highest BCUT2D eigenvalue weighted by molar-refractivity contribution is 7.91. The summed E-state index contributed by atoms with van der Waals surface area (Å²) in [6.45, 7) is 1.00. The standard InChI is InChI=1S/C19H20F2N2O4S/c20-19(21)28(25,26)16-8-6-14(7-9-16)22-12-13-3-1-4-15(11-13)23-18(24)17-5-2-10-27-17/h1,3-4,6-9,11,17,19,22H,2,5,10,12H2,(H,23,24). The molecule has 1 saturated heterocycles. The number of carbonyl (C=O) groups excluding carboxylic acids is 1. The maximum Gasteiger partial charge on any atom is 0.341 e. The molecule has 9 heteroatoms. The average Bonchev–Trinajstić information content (AvgIpc) is 3.22. The minimum absolute atomic E-state index is 0.168. The first-order valence-corrected chi connectivity index (χ1v) is 10.3. The molecule has 1 amide bonds. The van der Waals surface area contributed by atoms with Gasteiger partial charge in [-0.15, -0.1) is 0 Å². The van der Waals surface area contributed by atoms with E-state index in [1.165, 1.54) is 12.1 Å². The normalized spacial score (nSPS) is 16.9. The summed E-state index contributed by atoms with van der Waals surface area (Å²) in [6, 6.07) is 12.4. The molecule has 1 atom stereocenters. The monoisotopic (exact) mass is 410 g/mol. The lowest BCUT2D eigenvalue weighted by molar-refractivity contribution is -0.124. The van der Waals surface area contributed by atoms with Crippen molar-refractivity contribution in [2.45, 2.75) is 36.1 Å². The minimum atomic E-state index is -4.60. The molecule has 6 nitrogen and oxygen atoms in total. The summed E-state index contributed by atoms with van der Waals surface area (Å²) >= 11 is 0. The van der Waals surface area contributed by atoms with Gasteiger partial charge >= 0.3 is 5.76 Å². The number of anilines is 2. The van der Waals surface area contributed by atoms with Gasteiger partial charge in [0.15, 0.2) is 0 Å². The second-order valence-electron chi connectivity index (χ2n) is 6.37. The van der Waals surface area contributed by atoms with Gasteiger partial charge in [0.25, 0.3) is 5.91 Å². The summed E-state index contributed by atoms with van der Waals surface area (Å²) in [5, 5.41) is 5.91. The van der Waals surface area contributed by atoms with Gasteiger partial charge in [-0.05, 0) is 54.8 Å². The van der Waals surface area contributed by atoms with Crippen LogP contribution in [-0.2, 0) is 25.9 Å². The number of sulfone groups is 1. The highest BCUT2D eigenvalue weighted by Crippen LogP contribution is 2.21. The Morgan fingerprint density at radius 1 is 1.14 bits per heavy atom. The van der Waals surface area contributed by atoms with Crippen LogP contribution >= 0.6 is 0 Å². The van der Waals surface area contributed by atoms with Crippen molar-refractivity contribution in [1.29, 1.82) is 0 Å². The first-order valence-electron chi connectivity index (χ1n) is 8.73. The average molecular weight is 410 g/mol. The van der Waals surface area contributed by atoms with Crippen LogP contribution in [0.5, 0.6) is 0 Å². The molecular weight excluding hydrogens is 390 g/mol. The van der Waals surface area contributed by atoms with Gasteiger partial charge in [0.1, 0.15) is 6.10 Å². The Morgan fingerprint density at radius 3 is 2.54 bits per heavy atom. The Kier molecular flexibility index (Phi) is 6.25. The van der Waals surface area contributed by atoms with Crippen LogP contribution in [-0.4, -0.2) is 32.8 Å². The van der Waals surface area contributed by atoms with E-state index in [4.69, 9.17) is 4.74 Å². The topological polar surface area (TPSA) is 84.5 Å². The quantitative estimate of drug-likeness (QED) is 0.731. The zero-order valence-corrected chi connectivity index (χ0v) is 15.7. The smallest absolute Gasteiger partial charge is 0.341 e. The van der Waals surface area contributed by atoms with Crippen molar-refractivity contribution in [1.82, 2.24) is 0 Å². The van der Waals surface area contributed by atoms with Crippen molar-refractivity contribution >= 4 is 27.1 Å². The Bertz CT molecular complexity index is 927. The van der Waals surface area contributed by atoms with Crippen molar-refractivity contribution in [2.75, 3.05) is 17.2 Å². The number of nitrogens with one attached hydrogen (secondary N) is 2. The van der Waals surface area contributed by atoms with E-state index in [1.807, 2.05) is 12.1 Å². The number of hydrogen-bond acceptors (Lipinski definition) is 5. The molecule has 150 valence electrons. The van der Waals surface area contributed by atoms with Crippen LogP contribution in [0, 0.1) is 0 Å². The molecule has 0 aliphatic carbocycles. The van der Waals surface area contributed by atoms with Gasteiger partial charge in [0, 0.05) is 24.5 Å². The Morgan fingerprint density at radius 2 is 1.89 bits per heavy atom. The third-order valence-corrected chi connectivity index (χ3v) is 5.73. The second kappa shape index (κ2) is 8.66. The zero-order valence-electron chi connectivity index (χ0n) is 14.9. The number of benzene rings is 2. The van der Waals surface area contributed by atoms with E-state index >= 15 is 0 Å². The first kappa shape index (κ1) is 20.2. The first-order chi connectivity index (χ1) is 13.4. The third kappa shape index (κ3) is 4.85. The Hall–Kier alpha value is -2.52. The van der Waals surface area contributed by atoms with E-state index in [9.17, 15) is 22.0 Å². The van der Waals surface area contributed by atoms with Gasteiger partial charge in [0.05, 0.1) is 4.90 Å². The molecule has 3 rings (SSSR count). The number of carbonyl (C=O) groups is 1. The fourth-order valence-corrected chi connectivity index (χ4v) is 3.56. The van der Waals surface area contributed by atoms with Crippen LogP contribution in [0.1, 0.15) is 18.4 Å². The molecule has 28 heavy (non-hydrogen) atoms. The lowest BCUT2D eigenvalue weighted by atomic mass is 10.1.